The van der Waals surface area contributed by atoms with Gasteiger partial charge in [0.25, 0.3) is 0 Å². The molecule has 4 rings (SSSR count). The van der Waals surface area contributed by atoms with Crippen molar-refractivity contribution in [1.29, 1.82) is 0 Å². The van der Waals surface area contributed by atoms with Crippen LogP contribution in [0.4, 0.5) is 14.9 Å². The van der Waals surface area contributed by atoms with Crippen molar-refractivity contribution in [2.75, 3.05) is 5.01 Å². The topological polar surface area (TPSA) is 124 Å². The molecule has 0 spiro atoms. The molecule has 0 aliphatic rings. The van der Waals surface area contributed by atoms with Gasteiger partial charge in [-0.1, -0.05) is 28.1 Å². The van der Waals surface area contributed by atoms with Gasteiger partial charge in [0.1, 0.15) is 12.1 Å². The molecule has 0 unspecified atom stereocenters. The zero-order valence-corrected chi connectivity index (χ0v) is 17.8. The molecule has 32 heavy (non-hydrogen) atoms. The van der Waals surface area contributed by atoms with Gasteiger partial charge in [0.05, 0.1) is 11.9 Å². The van der Waals surface area contributed by atoms with E-state index in [9.17, 15) is 9.18 Å². The summed E-state index contributed by atoms with van der Waals surface area (Å²) in [7, 11) is 0. The van der Waals surface area contributed by atoms with Crippen molar-refractivity contribution in [3.8, 4) is 17.3 Å². The van der Waals surface area contributed by atoms with Crippen molar-refractivity contribution in [3.05, 3.63) is 83.0 Å². The molecule has 0 saturated carbocycles. The summed E-state index contributed by atoms with van der Waals surface area (Å²) in [5.41, 5.74) is 6.28. The van der Waals surface area contributed by atoms with E-state index in [4.69, 9.17) is 10.5 Å². The number of carbonyl (C=O) groups is 1. The molecule has 0 atom stereocenters. The van der Waals surface area contributed by atoms with E-state index in [2.05, 4.69) is 41.5 Å². The van der Waals surface area contributed by atoms with Crippen LogP contribution in [-0.2, 0) is 0 Å². The van der Waals surface area contributed by atoms with Crippen LogP contribution < -0.4 is 15.5 Å². The normalized spacial score (nSPS) is 10.9. The highest BCUT2D eigenvalue weighted by Crippen LogP contribution is 2.29. The van der Waals surface area contributed by atoms with Crippen molar-refractivity contribution in [2.45, 2.75) is 0 Å². The smallest absolute Gasteiger partial charge is 0.340 e. The monoisotopic (exact) mass is 496 g/mol. The van der Waals surface area contributed by atoms with E-state index in [1.54, 1.807) is 24.3 Å². The number of benzene rings is 2. The number of amides is 2. The molecule has 2 N–H and O–H groups in total. The number of hydrazone groups is 1. The predicted molar refractivity (Wildman–Crippen MR) is 117 cm³/mol. The summed E-state index contributed by atoms with van der Waals surface area (Å²) < 4.78 is 22.5. The Hall–Kier alpha value is -4.19. The van der Waals surface area contributed by atoms with Crippen molar-refractivity contribution < 1.29 is 13.9 Å². The molecule has 0 fully saturated rings. The highest BCUT2D eigenvalue weighted by Gasteiger charge is 2.15. The second-order valence-corrected chi connectivity index (χ2v) is 7.19. The standard InChI is InChI=1S/C20H14BrFN8O2/c21-14-3-1-2-13(8-14)11-26-30(20(23)31)15-4-5-18(17(22)9-15)32-16-6-7-24-19(10-16)29-12-25-27-28-29/h1-12H,(H2,23,31)/b26-11+. The number of primary amides is 1. The Bertz CT molecular complexity index is 1280. The van der Waals surface area contributed by atoms with Gasteiger partial charge in [-0.3, -0.25) is 0 Å². The number of urea groups is 1. The molecule has 160 valence electrons. The number of nitrogens with zero attached hydrogens (tertiary/aromatic N) is 7. The highest BCUT2D eigenvalue weighted by molar-refractivity contribution is 9.10. The summed E-state index contributed by atoms with van der Waals surface area (Å²) in [5.74, 6) is -0.0712. The summed E-state index contributed by atoms with van der Waals surface area (Å²) >= 11 is 3.36. The van der Waals surface area contributed by atoms with Crippen LogP contribution >= 0.6 is 15.9 Å². The molecule has 0 aliphatic carbocycles. The number of anilines is 1. The number of carbonyl (C=O) groups excluding carboxylic acids is 1. The van der Waals surface area contributed by atoms with Crippen LogP contribution in [0.1, 0.15) is 5.56 Å². The zero-order valence-electron chi connectivity index (χ0n) is 16.2. The lowest BCUT2D eigenvalue weighted by molar-refractivity contribution is 0.254. The number of ether oxygens (including phenoxy) is 1. The first-order valence-corrected chi connectivity index (χ1v) is 9.85. The van der Waals surface area contributed by atoms with E-state index >= 15 is 0 Å². The first-order valence-electron chi connectivity index (χ1n) is 9.05. The Labute approximate surface area is 189 Å². The van der Waals surface area contributed by atoms with Crippen LogP contribution in [0, 0.1) is 5.82 Å². The molecule has 0 bridgehead atoms. The summed E-state index contributed by atoms with van der Waals surface area (Å²) in [6.45, 7) is 0. The number of hydrogen-bond donors (Lipinski definition) is 1. The number of pyridine rings is 1. The van der Waals surface area contributed by atoms with Gasteiger partial charge in [0, 0.05) is 22.8 Å². The Morgan fingerprint density at radius 1 is 1.22 bits per heavy atom. The van der Waals surface area contributed by atoms with Gasteiger partial charge in [0.15, 0.2) is 17.4 Å². The van der Waals surface area contributed by atoms with E-state index in [-0.39, 0.29) is 11.4 Å². The van der Waals surface area contributed by atoms with Crippen LogP contribution in [0.3, 0.4) is 0 Å². The van der Waals surface area contributed by atoms with E-state index in [0.717, 1.165) is 21.1 Å². The third kappa shape index (κ3) is 4.92. The number of rotatable bonds is 6. The quantitative estimate of drug-likeness (QED) is 0.320. The SMILES string of the molecule is NC(=O)N(/N=C/c1cccc(Br)c1)c1ccc(Oc2ccnc(-n3cnnn3)c2)c(F)c1. The molecule has 12 heteroatoms. The minimum atomic E-state index is -0.871. The van der Waals surface area contributed by atoms with Gasteiger partial charge in [-0.05, 0) is 46.3 Å². The first-order chi connectivity index (χ1) is 15.5. The number of hydrogen-bond acceptors (Lipinski definition) is 7. The second kappa shape index (κ2) is 9.31. The number of aromatic nitrogens is 5. The van der Waals surface area contributed by atoms with Gasteiger partial charge in [0.2, 0.25) is 0 Å². The number of halogens is 2. The third-order valence-corrected chi connectivity index (χ3v) is 4.56. The Balaban J connectivity index is 1.55. The zero-order chi connectivity index (χ0) is 22.5. The summed E-state index contributed by atoms with van der Waals surface area (Å²) in [4.78, 5) is 16.0. The van der Waals surface area contributed by atoms with Gasteiger partial charge in [-0.25, -0.2) is 14.2 Å². The summed E-state index contributed by atoms with van der Waals surface area (Å²) in [5, 5.41) is 15.8. The molecule has 2 heterocycles. The van der Waals surface area contributed by atoms with Gasteiger partial charge in [-0.2, -0.15) is 14.8 Å². The summed E-state index contributed by atoms with van der Waals surface area (Å²) in [6.07, 6.45) is 4.29. The maximum absolute atomic E-state index is 14.7. The van der Waals surface area contributed by atoms with Gasteiger partial charge >= 0.3 is 6.03 Å². The molecular weight excluding hydrogens is 483 g/mol. The minimum Gasteiger partial charge on any atom is -0.454 e. The molecule has 10 nitrogen and oxygen atoms in total. The molecular formula is C20H14BrFN8O2. The Kier molecular flexibility index (Phi) is 6.12. The molecule has 4 aromatic rings. The largest absolute Gasteiger partial charge is 0.454 e. The molecule has 0 saturated heterocycles. The second-order valence-electron chi connectivity index (χ2n) is 6.27. The molecule has 0 radical (unpaired) electrons. The molecule has 0 aliphatic heterocycles. The summed E-state index contributed by atoms with van der Waals surface area (Å²) in [6, 6.07) is 13.4. The van der Waals surface area contributed by atoms with Crippen LogP contribution in [0.2, 0.25) is 0 Å². The van der Waals surface area contributed by atoms with Gasteiger partial charge < -0.3 is 10.5 Å². The van der Waals surface area contributed by atoms with Crippen molar-refractivity contribution in [2.24, 2.45) is 10.8 Å². The predicted octanol–water partition coefficient (Wildman–Crippen LogP) is 3.67. The maximum Gasteiger partial charge on any atom is 0.340 e. The number of nitrogens with two attached hydrogens (primary N) is 1. The van der Waals surface area contributed by atoms with Crippen molar-refractivity contribution in [3.63, 3.8) is 0 Å². The Morgan fingerprint density at radius 3 is 2.81 bits per heavy atom. The van der Waals surface area contributed by atoms with Crippen LogP contribution in [-0.4, -0.2) is 37.4 Å². The van der Waals surface area contributed by atoms with Crippen molar-refractivity contribution >= 4 is 33.9 Å². The first kappa shape index (κ1) is 21.1. The van der Waals surface area contributed by atoms with E-state index in [0.29, 0.717) is 11.6 Å². The lowest BCUT2D eigenvalue weighted by Gasteiger charge is -2.15. The van der Waals surface area contributed by atoms with E-state index in [1.165, 1.54) is 35.6 Å². The molecule has 2 amide bonds. The lowest BCUT2D eigenvalue weighted by Crippen LogP contribution is -2.31. The maximum atomic E-state index is 14.7. The Morgan fingerprint density at radius 2 is 2.09 bits per heavy atom. The van der Waals surface area contributed by atoms with Crippen molar-refractivity contribution in [1.82, 2.24) is 25.2 Å². The lowest BCUT2D eigenvalue weighted by atomic mass is 10.2. The van der Waals surface area contributed by atoms with E-state index < -0.39 is 11.8 Å². The van der Waals surface area contributed by atoms with Crippen LogP contribution in [0.15, 0.2) is 76.7 Å². The average molecular weight is 497 g/mol. The molecule has 2 aromatic carbocycles. The number of tetrazole rings is 1. The third-order valence-electron chi connectivity index (χ3n) is 4.07. The van der Waals surface area contributed by atoms with Gasteiger partial charge in [-0.15, -0.1) is 5.10 Å². The fraction of sp³-hybridized carbons (Fsp3) is 0. The van der Waals surface area contributed by atoms with Crippen LogP contribution in [0.25, 0.3) is 5.82 Å². The fourth-order valence-electron chi connectivity index (χ4n) is 2.65. The van der Waals surface area contributed by atoms with E-state index in [1.807, 2.05) is 12.1 Å². The fourth-order valence-corrected chi connectivity index (χ4v) is 3.07. The highest BCUT2D eigenvalue weighted by atomic mass is 79.9. The van der Waals surface area contributed by atoms with Crippen LogP contribution in [0.5, 0.6) is 11.5 Å². The molecule has 2 aromatic heterocycles. The average Bonchev–Trinajstić information content (AvgIpc) is 3.31. The minimum absolute atomic E-state index is 0.0667.